The number of benzene rings is 2. The molecule has 0 aromatic heterocycles. The quantitative estimate of drug-likeness (QED) is 0.809. The van der Waals surface area contributed by atoms with Crippen LogP contribution in [0.5, 0.6) is 5.75 Å². The van der Waals surface area contributed by atoms with E-state index in [4.69, 9.17) is 4.74 Å². The Labute approximate surface area is 162 Å². The van der Waals surface area contributed by atoms with Crippen molar-refractivity contribution in [1.82, 2.24) is 10.2 Å². The maximum atomic E-state index is 12.3. The van der Waals surface area contributed by atoms with Gasteiger partial charge in [0.05, 0.1) is 13.5 Å². The fourth-order valence-corrected chi connectivity index (χ4v) is 3.62. The number of aryl methyl sites for hydroxylation is 1. The highest BCUT2D eigenvalue weighted by Gasteiger charge is 2.11. The van der Waals surface area contributed by atoms with E-state index < -0.39 is 0 Å². The second-order valence-electron chi connectivity index (χ2n) is 7.42. The minimum atomic E-state index is 0.0105. The number of ether oxygens (including phenoxy) is 1. The summed E-state index contributed by atoms with van der Waals surface area (Å²) in [6, 6.07) is 14.5. The molecule has 144 valence electrons. The number of amides is 1. The number of hydrogen-bond donors (Lipinski definition) is 1. The summed E-state index contributed by atoms with van der Waals surface area (Å²) in [7, 11) is 1.64. The maximum Gasteiger partial charge on any atom is 0.224 e. The third kappa shape index (κ3) is 5.83. The molecule has 1 amide bonds. The van der Waals surface area contributed by atoms with E-state index >= 15 is 0 Å². The van der Waals surface area contributed by atoms with Gasteiger partial charge in [0.2, 0.25) is 5.91 Å². The van der Waals surface area contributed by atoms with Crippen molar-refractivity contribution in [2.45, 2.75) is 45.7 Å². The first-order valence-electron chi connectivity index (χ1n) is 9.84. The van der Waals surface area contributed by atoms with Crippen molar-refractivity contribution >= 4 is 5.91 Å². The third-order valence-electron chi connectivity index (χ3n) is 5.15. The summed E-state index contributed by atoms with van der Waals surface area (Å²) in [4.78, 5) is 14.8. The lowest BCUT2D eigenvalue weighted by atomic mass is 10.1. The van der Waals surface area contributed by atoms with Crippen molar-refractivity contribution in [3.63, 3.8) is 0 Å². The number of piperidine rings is 1. The van der Waals surface area contributed by atoms with Crippen LogP contribution in [0.3, 0.4) is 0 Å². The summed E-state index contributed by atoms with van der Waals surface area (Å²) in [6.45, 7) is 6.02. The summed E-state index contributed by atoms with van der Waals surface area (Å²) in [6.07, 6.45) is 4.33. The molecule has 4 heteroatoms. The van der Waals surface area contributed by atoms with E-state index in [1.165, 1.54) is 37.9 Å². The minimum Gasteiger partial charge on any atom is -0.496 e. The zero-order valence-corrected chi connectivity index (χ0v) is 16.5. The Morgan fingerprint density at radius 3 is 2.44 bits per heavy atom. The van der Waals surface area contributed by atoms with Gasteiger partial charge in [-0.05, 0) is 50.0 Å². The van der Waals surface area contributed by atoms with E-state index in [1.54, 1.807) is 7.11 Å². The predicted molar refractivity (Wildman–Crippen MR) is 109 cm³/mol. The lowest BCUT2D eigenvalue weighted by Crippen LogP contribution is -2.29. The molecule has 27 heavy (non-hydrogen) atoms. The summed E-state index contributed by atoms with van der Waals surface area (Å²) < 4.78 is 5.36. The zero-order valence-electron chi connectivity index (χ0n) is 16.5. The second kappa shape index (κ2) is 9.56. The topological polar surface area (TPSA) is 41.6 Å². The van der Waals surface area contributed by atoms with Crippen LogP contribution in [0.25, 0.3) is 0 Å². The zero-order chi connectivity index (χ0) is 19.1. The highest BCUT2D eigenvalue weighted by Crippen LogP contribution is 2.20. The fourth-order valence-electron chi connectivity index (χ4n) is 3.62. The average molecular weight is 367 g/mol. The molecule has 1 heterocycles. The highest BCUT2D eigenvalue weighted by atomic mass is 16.5. The standard InChI is InChI=1S/C23H30N2O2/c1-18-6-11-22(27-2)21(14-18)15-23(26)24-16-19-7-9-20(10-8-19)17-25-12-4-3-5-13-25/h6-11,14H,3-5,12-13,15-17H2,1-2H3,(H,24,26). The van der Waals surface area contributed by atoms with Gasteiger partial charge in [0.15, 0.2) is 0 Å². The minimum absolute atomic E-state index is 0.0105. The number of nitrogens with one attached hydrogen (secondary N) is 1. The maximum absolute atomic E-state index is 12.3. The lowest BCUT2D eigenvalue weighted by Gasteiger charge is -2.26. The van der Waals surface area contributed by atoms with E-state index in [1.807, 2.05) is 25.1 Å². The molecule has 1 N–H and O–H groups in total. The molecule has 4 nitrogen and oxygen atoms in total. The molecule has 0 spiro atoms. The monoisotopic (exact) mass is 366 g/mol. The van der Waals surface area contributed by atoms with E-state index in [-0.39, 0.29) is 5.91 Å². The Morgan fingerprint density at radius 1 is 1.04 bits per heavy atom. The summed E-state index contributed by atoms with van der Waals surface area (Å²) in [5, 5.41) is 3.01. The molecule has 0 radical (unpaired) electrons. The van der Waals surface area contributed by atoms with Crippen LogP contribution in [0.15, 0.2) is 42.5 Å². The van der Waals surface area contributed by atoms with Crippen LogP contribution in [0.4, 0.5) is 0 Å². The number of methoxy groups -OCH3 is 1. The van der Waals surface area contributed by atoms with Crippen molar-refractivity contribution in [1.29, 1.82) is 0 Å². The molecule has 1 saturated heterocycles. The van der Waals surface area contributed by atoms with Crippen molar-refractivity contribution in [3.05, 3.63) is 64.7 Å². The van der Waals surface area contributed by atoms with Gasteiger partial charge in [-0.2, -0.15) is 0 Å². The first kappa shape index (κ1) is 19.4. The smallest absolute Gasteiger partial charge is 0.224 e. The number of rotatable bonds is 7. The van der Waals surface area contributed by atoms with E-state index in [0.717, 1.165) is 29.0 Å². The molecule has 2 aromatic carbocycles. The van der Waals surface area contributed by atoms with Crippen molar-refractivity contribution < 1.29 is 9.53 Å². The Bertz CT molecular complexity index is 749. The van der Waals surface area contributed by atoms with Crippen LogP contribution >= 0.6 is 0 Å². The Kier molecular flexibility index (Phi) is 6.88. The molecule has 0 aliphatic carbocycles. The van der Waals surface area contributed by atoms with Gasteiger partial charge < -0.3 is 10.1 Å². The van der Waals surface area contributed by atoms with E-state index in [0.29, 0.717) is 13.0 Å². The van der Waals surface area contributed by atoms with Gasteiger partial charge in [-0.3, -0.25) is 9.69 Å². The normalized spacial score (nSPS) is 14.7. The third-order valence-corrected chi connectivity index (χ3v) is 5.15. The van der Waals surface area contributed by atoms with Gasteiger partial charge in [-0.15, -0.1) is 0 Å². The predicted octanol–water partition coefficient (Wildman–Crippen LogP) is 3.85. The Hall–Kier alpha value is -2.33. The van der Waals surface area contributed by atoms with Crippen LogP contribution in [0.1, 0.15) is 41.5 Å². The van der Waals surface area contributed by atoms with Crippen LogP contribution in [0.2, 0.25) is 0 Å². The van der Waals surface area contributed by atoms with Gasteiger partial charge in [-0.25, -0.2) is 0 Å². The van der Waals surface area contributed by atoms with Gasteiger partial charge in [0.25, 0.3) is 0 Å². The van der Waals surface area contributed by atoms with Crippen molar-refractivity contribution in [2.24, 2.45) is 0 Å². The summed E-state index contributed by atoms with van der Waals surface area (Å²) >= 11 is 0. The van der Waals surface area contributed by atoms with Gasteiger partial charge in [0.1, 0.15) is 5.75 Å². The summed E-state index contributed by atoms with van der Waals surface area (Å²) in [5.74, 6) is 0.772. The van der Waals surface area contributed by atoms with Crippen LogP contribution in [0, 0.1) is 6.92 Å². The molecule has 1 fully saturated rings. The molecule has 1 aliphatic heterocycles. The Balaban J connectivity index is 1.49. The van der Waals surface area contributed by atoms with Crippen LogP contribution in [-0.4, -0.2) is 31.0 Å². The van der Waals surface area contributed by atoms with Crippen molar-refractivity contribution in [2.75, 3.05) is 20.2 Å². The average Bonchev–Trinajstić information content (AvgIpc) is 2.68. The molecule has 3 rings (SSSR count). The first-order chi connectivity index (χ1) is 13.1. The van der Waals surface area contributed by atoms with Crippen LogP contribution in [-0.2, 0) is 24.3 Å². The molecule has 1 aliphatic rings. The molecular formula is C23H30N2O2. The number of carbonyl (C=O) groups excluding carboxylic acids is 1. The van der Waals surface area contributed by atoms with Crippen LogP contribution < -0.4 is 10.1 Å². The number of carbonyl (C=O) groups is 1. The molecular weight excluding hydrogens is 336 g/mol. The van der Waals surface area contributed by atoms with Gasteiger partial charge in [-0.1, -0.05) is 48.4 Å². The van der Waals surface area contributed by atoms with Crippen molar-refractivity contribution in [3.8, 4) is 5.75 Å². The highest BCUT2D eigenvalue weighted by molar-refractivity contribution is 5.79. The molecule has 2 aromatic rings. The van der Waals surface area contributed by atoms with Gasteiger partial charge in [0, 0.05) is 18.7 Å². The number of nitrogens with zero attached hydrogens (tertiary/aromatic N) is 1. The Morgan fingerprint density at radius 2 is 1.74 bits per heavy atom. The molecule has 0 atom stereocenters. The van der Waals surface area contributed by atoms with E-state index in [9.17, 15) is 4.79 Å². The second-order valence-corrected chi connectivity index (χ2v) is 7.42. The number of likely N-dealkylation sites (tertiary alicyclic amines) is 1. The molecule has 0 saturated carbocycles. The lowest BCUT2D eigenvalue weighted by molar-refractivity contribution is -0.120. The first-order valence-corrected chi connectivity index (χ1v) is 9.84. The van der Waals surface area contributed by atoms with E-state index in [2.05, 4.69) is 34.5 Å². The number of hydrogen-bond acceptors (Lipinski definition) is 3. The fraction of sp³-hybridized carbons (Fsp3) is 0.435. The molecule has 0 unspecified atom stereocenters. The molecule has 0 bridgehead atoms. The largest absolute Gasteiger partial charge is 0.496 e. The SMILES string of the molecule is COc1ccc(C)cc1CC(=O)NCc1ccc(CN2CCCCC2)cc1. The van der Waals surface area contributed by atoms with Gasteiger partial charge >= 0.3 is 0 Å². The summed E-state index contributed by atoms with van der Waals surface area (Å²) in [5.41, 5.74) is 4.52.